The maximum absolute atomic E-state index is 13.2. The number of nitrogens with zero attached hydrogens (tertiary/aromatic N) is 1. The number of halogens is 2. The lowest BCUT2D eigenvalue weighted by Crippen LogP contribution is -2.39. The lowest BCUT2D eigenvalue weighted by molar-refractivity contribution is 0.0688. The maximum Gasteiger partial charge on any atom is 0.255 e. The van der Waals surface area contributed by atoms with Crippen LogP contribution in [0.4, 0.5) is 4.39 Å². The minimum Gasteiger partial charge on any atom is -0.335 e. The fourth-order valence-electron chi connectivity index (χ4n) is 3.69. The first-order valence-corrected chi connectivity index (χ1v) is 8.22. The third-order valence-electron chi connectivity index (χ3n) is 4.67. The third kappa shape index (κ3) is 2.62. The molecule has 1 atom stereocenters. The molecule has 108 valence electrons. The Morgan fingerprint density at radius 2 is 1.95 bits per heavy atom. The van der Waals surface area contributed by atoms with Crippen LogP contribution in [0.3, 0.4) is 0 Å². The van der Waals surface area contributed by atoms with Crippen LogP contribution >= 0.6 is 15.9 Å². The SMILES string of the molecule is O=C(c1ccc(F)cc1Br)N1CCCC1C1CCCC1. The van der Waals surface area contributed by atoms with Gasteiger partial charge in [0.2, 0.25) is 0 Å². The van der Waals surface area contributed by atoms with Crippen molar-refractivity contribution in [1.29, 1.82) is 0 Å². The lowest BCUT2D eigenvalue weighted by atomic mass is 9.95. The Morgan fingerprint density at radius 3 is 2.65 bits per heavy atom. The average molecular weight is 340 g/mol. The summed E-state index contributed by atoms with van der Waals surface area (Å²) in [7, 11) is 0. The van der Waals surface area contributed by atoms with Crippen molar-refractivity contribution >= 4 is 21.8 Å². The van der Waals surface area contributed by atoms with Crippen molar-refractivity contribution in [3.8, 4) is 0 Å². The molecule has 20 heavy (non-hydrogen) atoms. The van der Waals surface area contributed by atoms with E-state index in [1.807, 2.05) is 4.90 Å². The van der Waals surface area contributed by atoms with Gasteiger partial charge < -0.3 is 4.90 Å². The zero-order valence-electron chi connectivity index (χ0n) is 11.4. The maximum atomic E-state index is 13.2. The van der Waals surface area contributed by atoms with E-state index in [0.29, 0.717) is 22.0 Å². The van der Waals surface area contributed by atoms with Gasteiger partial charge in [-0.1, -0.05) is 12.8 Å². The van der Waals surface area contributed by atoms with Crippen LogP contribution in [0.25, 0.3) is 0 Å². The van der Waals surface area contributed by atoms with Crippen molar-refractivity contribution in [2.75, 3.05) is 6.54 Å². The normalized spacial score (nSPS) is 23.5. The molecule has 1 aromatic carbocycles. The zero-order chi connectivity index (χ0) is 14.1. The second-order valence-corrected chi connectivity index (χ2v) is 6.73. The summed E-state index contributed by atoms with van der Waals surface area (Å²) in [4.78, 5) is 14.7. The molecular weight excluding hydrogens is 321 g/mol. The van der Waals surface area contributed by atoms with Crippen LogP contribution in [-0.4, -0.2) is 23.4 Å². The molecule has 1 aromatic rings. The largest absolute Gasteiger partial charge is 0.335 e. The Kier molecular flexibility index (Phi) is 4.11. The van der Waals surface area contributed by atoms with Crippen molar-refractivity contribution in [3.63, 3.8) is 0 Å². The number of carbonyl (C=O) groups excluding carboxylic acids is 1. The molecule has 1 unspecified atom stereocenters. The molecule has 1 amide bonds. The lowest BCUT2D eigenvalue weighted by Gasteiger charge is -2.29. The molecule has 1 aliphatic heterocycles. The Labute approximate surface area is 127 Å². The predicted octanol–water partition coefficient (Wildman–Crippen LogP) is 4.38. The van der Waals surface area contributed by atoms with E-state index < -0.39 is 0 Å². The second-order valence-electron chi connectivity index (χ2n) is 5.88. The number of benzene rings is 1. The summed E-state index contributed by atoms with van der Waals surface area (Å²) in [6, 6.07) is 4.71. The molecule has 0 N–H and O–H groups in total. The monoisotopic (exact) mass is 339 g/mol. The van der Waals surface area contributed by atoms with Crippen molar-refractivity contribution in [2.45, 2.75) is 44.6 Å². The fraction of sp³-hybridized carbons (Fsp3) is 0.562. The van der Waals surface area contributed by atoms with E-state index in [2.05, 4.69) is 15.9 Å². The molecule has 1 saturated carbocycles. The van der Waals surface area contributed by atoms with Crippen molar-refractivity contribution in [3.05, 3.63) is 34.1 Å². The van der Waals surface area contributed by atoms with E-state index in [-0.39, 0.29) is 11.7 Å². The van der Waals surface area contributed by atoms with Gasteiger partial charge in [0.25, 0.3) is 5.91 Å². The fourth-order valence-corrected chi connectivity index (χ4v) is 4.22. The molecule has 1 aliphatic carbocycles. The Balaban J connectivity index is 1.81. The smallest absolute Gasteiger partial charge is 0.255 e. The van der Waals surface area contributed by atoms with E-state index in [1.54, 1.807) is 6.07 Å². The van der Waals surface area contributed by atoms with E-state index >= 15 is 0 Å². The van der Waals surface area contributed by atoms with Gasteiger partial charge in [-0.15, -0.1) is 0 Å². The number of carbonyl (C=O) groups is 1. The molecule has 1 heterocycles. The quantitative estimate of drug-likeness (QED) is 0.782. The Hall–Kier alpha value is -0.900. The van der Waals surface area contributed by atoms with Crippen LogP contribution in [0, 0.1) is 11.7 Å². The van der Waals surface area contributed by atoms with Crippen LogP contribution < -0.4 is 0 Å². The summed E-state index contributed by atoms with van der Waals surface area (Å²) in [5.41, 5.74) is 0.580. The van der Waals surface area contributed by atoms with Crippen LogP contribution in [0.5, 0.6) is 0 Å². The van der Waals surface area contributed by atoms with Gasteiger partial charge in [0.15, 0.2) is 0 Å². The van der Waals surface area contributed by atoms with Crippen molar-refractivity contribution < 1.29 is 9.18 Å². The second kappa shape index (κ2) is 5.84. The predicted molar refractivity (Wildman–Crippen MR) is 80.1 cm³/mol. The molecule has 0 spiro atoms. The first-order valence-electron chi connectivity index (χ1n) is 7.43. The van der Waals surface area contributed by atoms with Crippen molar-refractivity contribution in [2.24, 2.45) is 5.92 Å². The van der Waals surface area contributed by atoms with Gasteiger partial charge >= 0.3 is 0 Å². The Morgan fingerprint density at radius 1 is 1.20 bits per heavy atom. The highest BCUT2D eigenvalue weighted by Gasteiger charge is 2.36. The average Bonchev–Trinajstić information content (AvgIpc) is 3.09. The van der Waals surface area contributed by atoms with Gasteiger partial charge in [0.05, 0.1) is 5.56 Å². The number of likely N-dealkylation sites (tertiary alicyclic amines) is 1. The summed E-state index contributed by atoms with van der Waals surface area (Å²) in [5, 5.41) is 0. The standard InChI is InChI=1S/C16H19BrFNO/c17-14-10-12(18)7-8-13(14)16(20)19-9-3-6-15(19)11-4-1-2-5-11/h7-8,10-11,15H,1-6,9H2. The molecule has 2 aliphatic rings. The van der Waals surface area contributed by atoms with Gasteiger partial charge in [0, 0.05) is 17.1 Å². The summed E-state index contributed by atoms with van der Waals surface area (Å²) < 4.78 is 13.7. The third-order valence-corrected chi connectivity index (χ3v) is 5.32. The highest BCUT2D eigenvalue weighted by molar-refractivity contribution is 9.10. The minimum absolute atomic E-state index is 0.0475. The van der Waals surface area contributed by atoms with Crippen LogP contribution in [0.1, 0.15) is 48.9 Å². The van der Waals surface area contributed by atoms with Gasteiger partial charge in [-0.25, -0.2) is 4.39 Å². The number of hydrogen-bond donors (Lipinski definition) is 0. The zero-order valence-corrected chi connectivity index (χ0v) is 13.0. The van der Waals surface area contributed by atoms with Gasteiger partial charge in [0.1, 0.15) is 5.82 Å². The summed E-state index contributed by atoms with van der Waals surface area (Å²) in [5.74, 6) is 0.397. The van der Waals surface area contributed by atoms with E-state index in [0.717, 1.165) is 19.4 Å². The van der Waals surface area contributed by atoms with E-state index in [1.165, 1.54) is 37.8 Å². The topological polar surface area (TPSA) is 20.3 Å². The summed E-state index contributed by atoms with van der Waals surface area (Å²) in [6.07, 6.45) is 7.30. The summed E-state index contributed by atoms with van der Waals surface area (Å²) in [6.45, 7) is 0.837. The highest BCUT2D eigenvalue weighted by atomic mass is 79.9. The number of hydrogen-bond acceptors (Lipinski definition) is 1. The van der Waals surface area contributed by atoms with Crippen LogP contribution in [0.2, 0.25) is 0 Å². The molecule has 2 fully saturated rings. The number of rotatable bonds is 2. The molecule has 2 nitrogen and oxygen atoms in total. The van der Waals surface area contributed by atoms with Crippen LogP contribution in [-0.2, 0) is 0 Å². The first-order chi connectivity index (χ1) is 9.66. The molecular formula is C16H19BrFNO. The van der Waals surface area contributed by atoms with Gasteiger partial charge in [-0.05, 0) is 65.7 Å². The molecule has 3 rings (SSSR count). The molecule has 1 saturated heterocycles. The van der Waals surface area contributed by atoms with E-state index in [4.69, 9.17) is 0 Å². The first kappa shape index (κ1) is 14.1. The molecule has 0 bridgehead atoms. The van der Waals surface area contributed by atoms with E-state index in [9.17, 15) is 9.18 Å². The molecule has 0 radical (unpaired) electrons. The summed E-state index contributed by atoms with van der Waals surface area (Å²) >= 11 is 3.31. The minimum atomic E-state index is -0.317. The van der Waals surface area contributed by atoms with Crippen LogP contribution in [0.15, 0.2) is 22.7 Å². The van der Waals surface area contributed by atoms with Gasteiger partial charge in [-0.2, -0.15) is 0 Å². The number of amides is 1. The van der Waals surface area contributed by atoms with Crippen molar-refractivity contribution in [1.82, 2.24) is 4.90 Å². The highest BCUT2D eigenvalue weighted by Crippen LogP contribution is 2.36. The Bertz CT molecular complexity index is 513. The molecule has 4 heteroatoms. The molecule has 0 aromatic heterocycles. The van der Waals surface area contributed by atoms with Gasteiger partial charge in [-0.3, -0.25) is 4.79 Å².